The van der Waals surface area contributed by atoms with Crippen molar-refractivity contribution in [2.75, 3.05) is 19.6 Å². The largest absolute Gasteiger partial charge is 0.463 e. The number of amides is 2. The van der Waals surface area contributed by atoms with Crippen LogP contribution in [-0.2, 0) is 4.79 Å². The molecule has 0 saturated carbocycles. The van der Waals surface area contributed by atoms with Gasteiger partial charge in [0.25, 0.3) is 5.91 Å². The summed E-state index contributed by atoms with van der Waals surface area (Å²) in [6, 6.07) is 12.2. The Labute approximate surface area is 191 Å². The van der Waals surface area contributed by atoms with Gasteiger partial charge in [0, 0.05) is 30.7 Å². The highest BCUT2D eigenvalue weighted by Gasteiger charge is 2.37. The van der Waals surface area contributed by atoms with Crippen molar-refractivity contribution in [1.29, 1.82) is 0 Å². The number of furan rings is 1. The minimum Gasteiger partial charge on any atom is -0.463 e. The van der Waals surface area contributed by atoms with Crippen molar-refractivity contribution in [2.45, 2.75) is 38.1 Å². The predicted octanol–water partition coefficient (Wildman–Crippen LogP) is 4.40. The summed E-state index contributed by atoms with van der Waals surface area (Å²) in [5.74, 6) is 0.437. The molecule has 7 nitrogen and oxygen atoms in total. The number of carbonyl (C=O) groups excluding carboxylic acids is 2. The molecule has 0 N–H and O–H groups in total. The van der Waals surface area contributed by atoms with Gasteiger partial charge in [-0.05, 0) is 62.4 Å². The first kappa shape index (κ1) is 20.8. The third-order valence-corrected chi connectivity index (χ3v) is 6.46. The third kappa shape index (κ3) is 3.93. The minimum atomic E-state index is -0.419. The van der Waals surface area contributed by atoms with Crippen LogP contribution in [0.5, 0.6) is 0 Å². The van der Waals surface area contributed by atoms with Crippen LogP contribution >= 0.6 is 11.6 Å². The molecule has 0 aliphatic carbocycles. The molecule has 0 radical (unpaired) electrons. The summed E-state index contributed by atoms with van der Waals surface area (Å²) in [6.07, 6.45) is 6.17. The van der Waals surface area contributed by atoms with Crippen molar-refractivity contribution < 1.29 is 14.0 Å². The molecule has 2 saturated heterocycles. The number of carbonyl (C=O) groups is 2. The molecule has 0 spiro atoms. The lowest BCUT2D eigenvalue weighted by molar-refractivity contribution is -0.136. The highest BCUT2D eigenvalue weighted by molar-refractivity contribution is 6.30. The van der Waals surface area contributed by atoms with E-state index in [0.717, 1.165) is 44.5 Å². The molecule has 1 atom stereocenters. The van der Waals surface area contributed by atoms with Gasteiger partial charge in [0.2, 0.25) is 5.91 Å². The Hall–Kier alpha value is -3.06. The molecule has 1 aromatic carbocycles. The van der Waals surface area contributed by atoms with E-state index in [2.05, 4.69) is 5.10 Å². The van der Waals surface area contributed by atoms with E-state index >= 15 is 0 Å². The minimum absolute atomic E-state index is 0.0658. The van der Waals surface area contributed by atoms with Crippen LogP contribution in [0.15, 0.2) is 53.1 Å². The lowest BCUT2D eigenvalue weighted by Gasteiger charge is -2.36. The van der Waals surface area contributed by atoms with Gasteiger partial charge in [-0.15, -0.1) is 0 Å². The molecule has 2 aliphatic rings. The van der Waals surface area contributed by atoms with Crippen LogP contribution in [0.25, 0.3) is 17.1 Å². The molecule has 8 heteroatoms. The van der Waals surface area contributed by atoms with Crippen LogP contribution in [0.3, 0.4) is 0 Å². The summed E-state index contributed by atoms with van der Waals surface area (Å²) in [5.41, 5.74) is 1.67. The van der Waals surface area contributed by atoms with Gasteiger partial charge in [-0.2, -0.15) is 5.10 Å². The van der Waals surface area contributed by atoms with E-state index in [0.29, 0.717) is 29.4 Å². The molecule has 0 bridgehead atoms. The molecular weight excluding hydrogens is 428 g/mol. The molecule has 2 amide bonds. The second-order valence-corrected chi connectivity index (χ2v) is 8.76. The monoisotopic (exact) mass is 452 g/mol. The number of hydrogen-bond acceptors (Lipinski definition) is 4. The number of rotatable bonds is 4. The normalized spacial score (nSPS) is 18.8. The van der Waals surface area contributed by atoms with Crippen LogP contribution in [-0.4, -0.2) is 57.1 Å². The average molecular weight is 453 g/mol. The first-order valence-electron chi connectivity index (χ1n) is 11.1. The molecule has 2 aromatic heterocycles. The maximum absolute atomic E-state index is 13.6. The van der Waals surface area contributed by atoms with Crippen LogP contribution in [0.4, 0.5) is 0 Å². The van der Waals surface area contributed by atoms with Crippen molar-refractivity contribution in [1.82, 2.24) is 19.6 Å². The molecule has 2 fully saturated rings. The summed E-state index contributed by atoms with van der Waals surface area (Å²) in [7, 11) is 0. The fraction of sp³-hybridized carbons (Fsp3) is 0.375. The van der Waals surface area contributed by atoms with E-state index < -0.39 is 6.04 Å². The quantitative estimate of drug-likeness (QED) is 0.588. The topological polar surface area (TPSA) is 71.6 Å². The Kier molecular flexibility index (Phi) is 5.74. The van der Waals surface area contributed by atoms with E-state index in [1.807, 2.05) is 23.1 Å². The predicted molar refractivity (Wildman–Crippen MR) is 121 cm³/mol. The molecule has 32 heavy (non-hydrogen) atoms. The number of hydrogen-bond donors (Lipinski definition) is 0. The Morgan fingerprint density at radius 2 is 1.81 bits per heavy atom. The number of aromatic nitrogens is 2. The lowest BCUT2D eigenvalue weighted by atomic mass is 10.0. The van der Waals surface area contributed by atoms with E-state index in [1.165, 1.54) is 0 Å². The van der Waals surface area contributed by atoms with Gasteiger partial charge < -0.3 is 14.2 Å². The Balaban J connectivity index is 1.50. The van der Waals surface area contributed by atoms with E-state index in [-0.39, 0.29) is 17.5 Å². The molecule has 166 valence electrons. The maximum atomic E-state index is 13.6. The van der Waals surface area contributed by atoms with Gasteiger partial charge in [0.15, 0.2) is 11.5 Å². The van der Waals surface area contributed by atoms with Crippen LogP contribution in [0.2, 0.25) is 5.02 Å². The smallest absolute Gasteiger partial charge is 0.275 e. The zero-order chi connectivity index (χ0) is 22.1. The standard InChI is InChI=1S/C24H25ClN4O3/c25-17-7-5-8-18(15-17)29-21(22-10-6-14-32-22)16-19(26-29)23(30)28-13-2-1-9-20(28)24(31)27-11-3-4-12-27/h5-8,10,14-16,20H,1-4,9,11-13H2. The first-order chi connectivity index (χ1) is 15.6. The van der Waals surface area contributed by atoms with Crippen LogP contribution in [0.1, 0.15) is 42.6 Å². The average Bonchev–Trinajstić information content (AvgIpc) is 3.59. The Morgan fingerprint density at radius 1 is 1.00 bits per heavy atom. The molecule has 2 aliphatic heterocycles. The summed E-state index contributed by atoms with van der Waals surface area (Å²) >= 11 is 6.20. The lowest BCUT2D eigenvalue weighted by Crippen LogP contribution is -2.52. The van der Waals surface area contributed by atoms with Crippen molar-refractivity contribution in [3.63, 3.8) is 0 Å². The summed E-state index contributed by atoms with van der Waals surface area (Å²) in [4.78, 5) is 30.3. The zero-order valence-electron chi connectivity index (χ0n) is 17.7. The summed E-state index contributed by atoms with van der Waals surface area (Å²) in [5, 5.41) is 5.20. The van der Waals surface area contributed by atoms with Crippen molar-refractivity contribution in [3.8, 4) is 17.1 Å². The Morgan fingerprint density at radius 3 is 2.56 bits per heavy atom. The molecule has 3 aromatic rings. The van der Waals surface area contributed by atoms with Gasteiger partial charge in [0.1, 0.15) is 11.7 Å². The van der Waals surface area contributed by atoms with Gasteiger partial charge in [-0.1, -0.05) is 17.7 Å². The van der Waals surface area contributed by atoms with Crippen LogP contribution < -0.4 is 0 Å². The molecule has 1 unspecified atom stereocenters. The van der Waals surface area contributed by atoms with Gasteiger partial charge in [-0.25, -0.2) is 4.68 Å². The number of likely N-dealkylation sites (tertiary alicyclic amines) is 2. The van der Waals surface area contributed by atoms with E-state index in [1.54, 1.807) is 40.1 Å². The highest BCUT2D eigenvalue weighted by atomic mass is 35.5. The maximum Gasteiger partial charge on any atom is 0.275 e. The molecule has 5 rings (SSSR count). The number of benzene rings is 1. The number of piperidine rings is 1. The van der Waals surface area contributed by atoms with Crippen molar-refractivity contribution in [3.05, 3.63) is 59.4 Å². The molecule has 4 heterocycles. The van der Waals surface area contributed by atoms with E-state index in [9.17, 15) is 9.59 Å². The Bertz CT molecular complexity index is 1120. The fourth-order valence-corrected chi connectivity index (χ4v) is 4.80. The van der Waals surface area contributed by atoms with Gasteiger partial charge in [0.05, 0.1) is 12.0 Å². The second kappa shape index (κ2) is 8.82. The first-order valence-corrected chi connectivity index (χ1v) is 11.5. The van der Waals surface area contributed by atoms with E-state index in [4.69, 9.17) is 16.0 Å². The number of nitrogens with zero attached hydrogens (tertiary/aromatic N) is 4. The zero-order valence-corrected chi connectivity index (χ0v) is 18.5. The van der Waals surface area contributed by atoms with Crippen molar-refractivity contribution >= 4 is 23.4 Å². The van der Waals surface area contributed by atoms with Gasteiger partial charge >= 0.3 is 0 Å². The van der Waals surface area contributed by atoms with Crippen LogP contribution in [0, 0.1) is 0 Å². The van der Waals surface area contributed by atoms with Crippen molar-refractivity contribution in [2.24, 2.45) is 0 Å². The highest BCUT2D eigenvalue weighted by Crippen LogP contribution is 2.28. The number of halogens is 1. The second-order valence-electron chi connectivity index (χ2n) is 8.33. The molecular formula is C24H25ClN4O3. The SMILES string of the molecule is O=C(C1CCCCN1C(=O)c1cc(-c2ccco2)n(-c2cccc(Cl)c2)n1)N1CCCC1. The fourth-order valence-electron chi connectivity index (χ4n) is 4.62. The summed E-state index contributed by atoms with van der Waals surface area (Å²) < 4.78 is 7.26. The third-order valence-electron chi connectivity index (χ3n) is 6.22. The summed E-state index contributed by atoms with van der Waals surface area (Å²) in [6.45, 7) is 2.12. The van der Waals surface area contributed by atoms with Gasteiger partial charge in [-0.3, -0.25) is 9.59 Å².